The van der Waals surface area contributed by atoms with E-state index >= 15 is 0 Å². The van der Waals surface area contributed by atoms with Crippen LogP contribution in [0.4, 0.5) is 72.7 Å². The van der Waals surface area contributed by atoms with Gasteiger partial charge >= 0.3 is 36.5 Å². The standard InChI is InChI=1S/C27H39N3O.C26H32F3N3O.C25H31ClF3N3O.C24H31ClFN3O/c1-4-9-22(3)29-19-17-26(18-20-29)30(21-24-11-7-6-8-12-24)27(31)28-25-15-13-23(10-5-2)14-16-25;27-26(28,29)22-11-6-12-23(17-22)30-25(33)32(19-21-7-2-1-3-8-21)24-13-15-31(16-14-24)18-20-9-4-5-10-20;1-3-7-18(2)31-14-12-21(13-15-31)32(17-19-8-5-4-6-9-19)24(33)30-20-10-11-23(26)22(16-20)25(27,28)29;1-3-7-18(2)28-12-10-23(11-13-28)29(17-19-8-5-4-6-9-19)24(30)27-22-15-20(25)14-21(26)16-22/h6-8,11-16,22,26H,4-5,9-10,17-21H2,1-3H3,(H,28,31);1-3,6-8,11-12,17,20,24H,4-5,9-10,13-16,18-19H2,(H,30,33);4-6,8-11,16,18,21H,3,7,12-15,17H2,1-2H3,(H,30,33);4-6,8-9,14-16,18,23H,3,7,10-13,17H2,1-2H3,(H,27,30). The second-order valence-electron chi connectivity index (χ2n) is 34.9. The van der Waals surface area contributed by atoms with Gasteiger partial charge in [0.25, 0.3) is 0 Å². The minimum Gasteiger partial charge on any atom is -0.317 e. The normalized spacial score (nSPS) is 16.8. The number of hydrogen-bond donors (Lipinski definition) is 4. The maximum Gasteiger partial charge on any atom is 0.417 e. The molecule has 8 aromatic carbocycles. The van der Waals surface area contributed by atoms with Crippen LogP contribution in [0.1, 0.15) is 209 Å². The summed E-state index contributed by atoms with van der Waals surface area (Å²) in [6, 6.07) is 61.5. The Labute approximate surface area is 759 Å². The van der Waals surface area contributed by atoms with Crippen molar-refractivity contribution in [2.45, 2.75) is 258 Å². The molecule has 16 nitrogen and oxygen atoms in total. The van der Waals surface area contributed by atoms with Crippen LogP contribution in [0.25, 0.3) is 0 Å². The number of amides is 8. The van der Waals surface area contributed by atoms with Crippen LogP contribution in [-0.4, -0.2) is 165 Å². The highest BCUT2D eigenvalue weighted by Crippen LogP contribution is 2.38. The summed E-state index contributed by atoms with van der Waals surface area (Å²) < 4.78 is 92.7. The number of likely N-dealkylation sites (tertiary alicyclic amines) is 4. The van der Waals surface area contributed by atoms with E-state index < -0.39 is 40.4 Å². The molecule has 0 bridgehead atoms. The number of nitrogens with one attached hydrogen (secondary N) is 4. The fraction of sp³-hybridized carbons (Fsp3) is 0.490. The first-order valence-corrected chi connectivity index (χ1v) is 46.9. The van der Waals surface area contributed by atoms with Crippen LogP contribution in [-0.2, 0) is 45.0 Å². The molecule has 4 saturated heterocycles. The Morgan fingerprint density at radius 3 is 1.09 bits per heavy atom. The summed E-state index contributed by atoms with van der Waals surface area (Å²) in [4.78, 5) is 70.6. The smallest absolute Gasteiger partial charge is 0.317 e. The number of carbonyl (C=O) groups is 4. The summed E-state index contributed by atoms with van der Waals surface area (Å²) in [7, 11) is 0. The fourth-order valence-corrected chi connectivity index (χ4v) is 18.8. The highest BCUT2D eigenvalue weighted by Gasteiger charge is 2.38. The summed E-state index contributed by atoms with van der Waals surface area (Å²) in [6.07, 6.45) is 12.9. The van der Waals surface area contributed by atoms with E-state index in [0.717, 1.165) is 189 Å². The third-order valence-electron chi connectivity index (χ3n) is 25.4. The van der Waals surface area contributed by atoms with Gasteiger partial charge in [-0.25, -0.2) is 23.6 Å². The molecule has 13 rings (SSSR count). The molecule has 3 atom stereocenters. The maximum absolute atomic E-state index is 13.7. The Bertz CT molecular complexity index is 4570. The zero-order valence-corrected chi connectivity index (χ0v) is 76.7. The first-order valence-electron chi connectivity index (χ1n) is 46.1. The molecule has 5 fully saturated rings. The van der Waals surface area contributed by atoms with E-state index in [2.05, 4.69) is 118 Å². The molecular weight excluding hydrogens is 1660 g/mol. The van der Waals surface area contributed by atoms with E-state index in [0.29, 0.717) is 50.0 Å². The number of rotatable bonds is 29. The van der Waals surface area contributed by atoms with Gasteiger partial charge in [0.15, 0.2) is 0 Å². The summed E-state index contributed by atoms with van der Waals surface area (Å²) in [5.74, 6) is 0.330. The molecule has 688 valence electrons. The van der Waals surface area contributed by atoms with E-state index in [-0.39, 0.29) is 58.7 Å². The fourth-order valence-electron chi connectivity index (χ4n) is 18.3. The van der Waals surface area contributed by atoms with Crippen molar-refractivity contribution >= 4 is 70.1 Å². The third-order valence-corrected chi connectivity index (χ3v) is 26.0. The summed E-state index contributed by atoms with van der Waals surface area (Å²) in [5.41, 5.74) is 5.29. The molecule has 4 N–H and O–H groups in total. The molecule has 0 spiro atoms. The summed E-state index contributed by atoms with van der Waals surface area (Å²) >= 11 is 11.7. The first kappa shape index (κ1) is 99.9. The van der Waals surface area contributed by atoms with Crippen molar-refractivity contribution in [3.05, 3.63) is 261 Å². The second kappa shape index (κ2) is 50.7. The topological polar surface area (TPSA) is 142 Å². The Morgan fingerprint density at radius 1 is 0.378 bits per heavy atom. The number of aryl methyl sites for hydroxylation is 1. The van der Waals surface area contributed by atoms with Crippen molar-refractivity contribution in [1.82, 2.24) is 39.2 Å². The molecule has 1 aliphatic carbocycles. The zero-order chi connectivity index (χ0) is 90.8. The highest BCUT2D eigenvalue weighted by atomic mass is 35.5. The van der Waals surface area contributed by atoms with Gasteiger partial charge in [-0.3, -0.25) is 0 Å². The third kappa shape index (κ3) is 32.1. The lowest BCUT2D eigenvalue weighted by atomic mass is 10.00. The lowest BCUT2D eigenvalue weighted by Crippen LogP contribution is -2.50. The van der Waals surface area contributed by atoms with Crippen LogP contribution in [0, 0.1) is 11.7 Å². The maximum atomic E-state index is 13.7. The Balaban J connectivity index is 0.000000177. The minimum atomic E-state index is -4.59. The molecule has 0 radical (unpaired) electrons. The van der Waals surface area contributed by atoms with E-state index in [9.17, 15) is 49.9 Å². The Kier molecular flexibility index (Phi) is 39.9. The van der Waals surface area contributed by atoms with Gasteiger partial charge in [0.05, 0.1) is 16.1 Å². The van der Waals surface area contributed by atoms with Crippen molar-refractivity contribution < 1.29 is 49.9 Å². The van der Waals surface area contributed by atoms with Crippen LogP contribution in [0.15, 0.2) is 206 Å². The van der Waals surface area contributed by atoms with Crippen LogP contribution < -0.4 is 21.3 Å². The number of carbonyl (C=O) groups excluding carboxylic acids is 4. The van der Waals surface area contributed by atoms with Gasteiger partial charge in [-0.1, -0.05) is 229 Å². The minimum absolute atomic E-state index is 0.00432. The number of anilines is 4. The molecule has 4 heterocycles. The molecule has 127 heavy (non-hydrogen) atoms. The van der Waals surface area contributed by atoms with Crippen molar-refractivity contribution in [1.29, 1.82) is 0 Å². The molecule has 1 saturated carbocycles. The van der Waals surface area contributed by atoms with Crippen molar-refractivity contribution in [2.75, 3.05) is 80.2 Å². The van der Waals surface area contributed by atoms with Gasteiger partial charge in [0, 0.05) is 155 Å². The predicted octanol–water partition coefficient (Wildman–Crippen LogP) is 25.9. The Hall–Kier alpha value is -9.23. The van der Waals surface area contributed by atoms with Crippen molar-refractivity contribution in [3.63, 3.8) is 0 Å². The number of piperidine rings is 4. The van der Waals surface area contributed by atoms with E-state index in [1.165, 1.54) is 92.8 Å². The van der Waals surface area contributed by atoms with Crippen molar-refractivity contribution in [3.8, 4) is 0 Å². The van der Waals surface area contributed by atoms with Gasteiger partial charge in [-0.15, -0.1) is 0 Å². The predicted molar refractivity (Wildman–Crippen MR) is 502 cm³/mol. The number of urea groups is 4. The molecule has 8 aromatic rings. The van der Waals surface area contributed by atoms with Gasteiger partial charge in [0.2, 0.25) is 0 Å². The Morgan fingerprint density at radius 2 is 0.732 bits per heavy atom. The molecule has 3 unspecified atom stereocenters. The van der Waals surface area contributed by atoms with Crippen LogP contribution in [0.2, 0.25) is 10.0 Å². The summed E-state index contributed by atoms with van der Waals surface area (Å²) in [5, 5.41) is 11.3. The number of alkyl halides is 6. The first-order chi connectivity index (χ1) is 61.1. The average molecular weight is 1800 g/mol. The number of benzene rings is 8. The second-order valence-corrected chi connectivity index (χ2v) is 35.8. The van der Waals surface area contributed by atoms with E-state index in [4.69, 9.17) is 23.2 Å². The van der Waals surface area contributed by atoms with Gasteiger partial charge < -0.3 is 60.5 Å². The average Bonchev–Trinajstić information content (AvgIpc) is 0.957. The molecular formula is C102H133Cl2F7N12O4. The van der Waals surface area contributed by atoms with Gasteiger partial charge in [-0.05, 0) is 211 Å². The molecule has 25 heteroatoms. The largest absolute Gasteiger partial charge is 0.417 e. The molecule has 5 aliphatic rings. The highest BCUT2D eigenvalue weighted by molar-refractivity contribution is 6.31. The van der Waals surface area contributed by atoms with Crippen LogP contribution >= 0.6 is 23.2 Å². The lowest BCUT2D eigenvalue weighted by molar-refractivity contribution is -0.138. The van der Waals surface area contributed by atoms with Gasteiger partial charge in [0.1, 0.15) is 5.82 Å². The van der Waals surface area contributed by atoms with Crippen molar-refractivity contribution in [2.24, 2.45) is 5.92 Å². The van der Waals surface area contributed by atoms with E-state index in [1.807, 2.05) is 126 Å². The van der Waals surface area contributed by atoms with Gasteiger partial charge in [-0.2, -0.15) is 26.3 Å². The van der Waals surface area contributed by atoms with E-state index in [1.54, 1.807) is 15.9 Å². The number of halogens is 9. The summed E-state index contributed by atoms with van der Waals surface area (Å²) in [6.45, 7) is 26.6. The van der Waals surface area contributed by atoms with Crippen LogP contribution in [0.3, 0.4) is 0 Å². The monoisotopic (exact) mass is 1790 g/mol. The quantitative estimate of drug-likeness (QED) is 0.0340. The molecule has 0 aromatic heterocycles. The number of nitrogens with zero attached hydrogens (tertiary/aromatic N) is 8. The van der Waals surface area contributed by atoms with Crippen LogP contribution in [0.5, 0.6) is 0 Å². The molecule has 4 aliphatic heterocycles. The lowest BCUT2D eigenvalue weighted by Gasteiger charge is -2.40. The SMILES string of the molecule is CCCC(C)N1CCC(N(Cc2ccccc2)C(=O)Nc2cc(F)cc(Cl)c2)CC1.CCCC(C)N1CCC(N(Cc2ccccc2)C(=O)Nc2ccc(Cl)c(C(F)(F)F)c2)CC1.CCCc1ccc(NC(=O)N(Cc2ccccc2)C2CCN(C(C)CCC)CC2)cc1.O=C(Nc1cccc(C(F)(F)F)c1)N(Cc1ccccc1)C1CCN(CC2CCCC2)CC1. The molecule has 8 amide bonds. The number of hydrogen-bond acceptors (Lipinski definition) is 8. The zero-order valence-electron chi connectivity index (χ0n) is 75.2.